The molecule has 4 nitrogen and oxygen atoms in total. The molecule has 0 aliphatic heterocycles. The van der Waals surface area contributed by atoms with E-state index >= 15 is 0 Å². The lowest BCUT2D eigenvalue weighted by Crippen LogP contribution is -2.37. The van der Waals surface area contributed by atoms with Crippen LogP contribution in [0.1, 0.15) is 26.7 Å². The summed E-state index contributed by atoms with van der Waals surface area (Å²) >= 11 is 0. The monoisotopic (exact) mass is 225 g/mol. The zero-order chi connectivity index (χ0) is 11.9. The van der Waals surface area contributed by atoms with Crippen molar-refractivity contribution < 1.29 is 5.11 Å². The first-order valence-electron chi connectivity index (χ1n) is 6.03. The summed E-state index contributed by atoms with van der Waals surface area (Å²) < 4.78 is 2.05. The molecule has 0 saturated heterocycles. The van der Waals surface area contributed by atoms with E-state index in [1.165, 1.54) is 0 Å². The zero-order valence-corrected chi connectivity index (χ0v) is 10.3. The maximum Gasteiger partial charge on any atom is 0.0946 e. The van der Waals surface area contributed by atoms with Gasteiger partial charge in [0.05, 0.1) is 6.33 Å². The summed E-state index contributed by atoms with van der Waals surface area (Å²) in [6.45, 7) is 7.25. The highest BCUT2D eigenvalue weighted by molar-refractivity contribution is 4.79. The minimum absolute atomic E-state index is 0.0505. The van der Waals surface area contributed by atoms with E-state index in [0.717, 1.165) is 32.5 Å². The molecule has 0 radical (unpaired) electrons. The fourth-order valence-electron chi connectivity index (χ4n) is 1.76. The Morgan fingerprint density at radius 2 is 2.12 bits per heavy atom. The number of rotatable bonds is 8. The number of aliphatic hydroxyl groups is 1. The van der Waals surface area contributed by atoms with E-state index in [1.54, 1.807) is 6.20 Å². The predicted octanol–water partition coefficient (Wildman–Crippen LogP) is 1.27. The Balaban J connectivity index is 2.23. The largest absolute Gasteiger partial charge is 0.396 e. The molecule has 1 heterocycles. The molecule has 0 fully saturated rings. The van der Waals surface area contributed by atoms with Gasteiger partial charge in [-0.05, 0) is 12.8 Å². The molecular formula is C12H23N3O. The van der Waals surface area contributed by atoms with Crippen molar-refractivity contribution in [2.75, 3.05) is 19.7 Å². The van der Waals surface area contributed by atoms with Crippen LogP contribution in [0.15, 0.2) is 18.7 Å². The Kier molecular flexibility index (Phi) is 5.49. The Bertz CT molecular complexity index is 260. The third-order valence-electron chi connectivity index (χ3n) is 3.44. The minimum Gasteiger partial charge on any atom is -0.396 e. The van der Waals surface area contributed by atoms with Crippen molar-refractivity contribution in [2.24, 2.45) is 5.41 Å². The molecule has 0 atom stereocenters. The van der Waals surface area contributed by atoms with Gasteiger partial charge in [-0.25, -0.2) is 4.98 Å². The minimum atomic E-state index is 0.0505. The van der Waals surface area contributed by atoms with Gasteiger partial charge in [0.25, 0.3) is 0 Å². The summed E-state index contributed by atoms with van der Waals surface area (Å²) in [5.41, 5.74) is 0.0505. The molecule has 0 saturated carbocycles. The van der Waals surface area contributed by atoms with Crippen LogP contribution in [0.4, 0.5) is 0 Å². The van der Waals surface area contributed by atoms with Crippen molar-refractivity contribution in [2.45, 2.75) is 33.2 Å². The van der Waals surface area contributed by atoms with E-state index in [0.29, 0.717) is 0 Å². The van der Waals surface area contributed by atoms with E-state index in [4.69, 9.17) is 0 Å². The number of hydrogen-bond acceptors (Lipinski definition) is 3. The quantitative estimate of drug-likeness (QED) is 0.655. The Morgan fingerprint density at radius 1 is 1.38 bits per heavy atom. The molecule has 92 valence electrons. The summed E-state index contributed by atoms with van der Waals surface area (Å²) in [5, 5.41) is 12.8. The molecule has 0 aliphatic rings. The average molecular weight is 225 g/mol. The van der Waals surface area contributed by atoms with Gasteiger partial charge in [-0.2, -0.15) is 0 Å². The van der Waals surface area contributed by atoms with Crippen LogP contribution >= 0.6 is 0 Å². The van der Waals surface area contributed by atoms with Crippen LogP contribution < -0.4 is 5.32 Å². The third kappa shape index (κ3) is 3.61. The molecular weight excluding hydrogens is 202 g/mol. The second-order valence-corrected chi connectivity index (χ2v) is 4.34. The summed E-state index contributed by atoms with van der Waals surface area (Å²) in [7, 11) is 0. The van der Waals surface area contributed by atoms with Gasteiger partial charge in [0.2, 0.25) is 0 Å². The smallest absolute Gasteiger partial charge is 0.0946 e. The molecule has 1 aromatic heterocycles. The average Bonchev–Trinajstić information content (AvgIpc) is 2.83. The topological polar surface area (TPSA) is 50.1 Å². The zero-order valence-electron chi connectivity index (χ0n) is 10.3. The SMILES string of the molecule is CCC(CC)(CO)CNCCn1ccnc1. The predicted molar refractivity (Wildman–Crippen MR) is 65.2 cm³/mol. The van der Waals surface area contributed by atoms with Crippen molar-refractivity contribution >= 4 is 0 Å². The fraction of sp³-hybridized carbons (Fsp3) is 0.750. The van der Waals surface area contributed by atoms with Crippen LogP contribution in [-0.4, -0.2) is 34.4 Å². The summed E-state index contributed by atoms with van der Waals surface area (Å²) in [4.78, 5) is 3.99. The number of nitrogens with one attached hydrogen (secondary N) is 1. The molecule has 4 heteroatoms. The number of imidazole rings is 1. The second kappa shape index (κ2) is 6.66. The Morgan fingerprint density at radius 3 is 2.62 bits per heavy atom. The van der Waals surface area contributed by atoms with Gasteiger partial charge >= 0.3 is 0 Å². The van der Waals surface area contributed by atoms with Gasteiger partial charge in [0.1, 0.15) is 0 Å². The molecule has 1 rings (SSSR count). The molecule has 0 amide bonds. The van der Waals surface area contributed by atoms with Crippen LogP contribution in [0, 0.1) is 5.41 Å². The number of aromatic nitrogens is 2. The molecule has 2 N–H and O–H groups in total. The maximum atomic E-state index is 9.40. The van der Waals surface area contributed by atoms with Gasteiger partial charge in [-0.1, -0.05) is 13.8 Å². The van der Waals surface area contributed by atoms with Gasteiger partial charge in [0.15, 0.2) is 0 Å². The molecule has 0 aliphatic carbocycles. The van der Waals surface area contributed by atoms with Crippen LogP contribution in [0.25, 0.3) is 0 Å². The van der Waals surface area contributed by atoms with Crippen molar-refractivity contribution in [3.63, 3.8) is 0 Å². The summed E-state index contributed by atoms with van der Waals surface area (Å²) in [5.74, 6) is 0. The molecule has 0 bridgehead atoms. The van der Waals surface area contributed by atoms with Crippen molar-refractivity contribution in [1.82, 2.24) is 14.9 Å². The standard InChI is InChI=1S/C12H23N3O/c1-3-12(4-2,10-16)9-13-5-7-15-8-6-14-11-15/h6,8,11,13,16H,3-5,7,9-10H2,1-2H3. The normalized spacial score (nSPS) is 11.9. The first kappa shape index (κ1) is 13.2. The first-order valence-corrected chi connectivity index (χ1v) is 6.03. The van der Waals surface area contributed by atoms with Gasteiger partial charge in [0, 0.05) is 44.0 Å². The van der Waals surface area contributed by atoms with Crippen molar-refractivity contribution in [1.29, 1.82) is 0 Å². The van der Waals surface area contributed by atoms with Crippen molar-refractivity contribution in [3.8, 4) is 0 Å². The van der Waals surface area contributed by atoms with Gasteiger partial charge in [-0.15, -0.1) is 0 Å². The molecule has 0 unspecified atom stereocenters. The first-order chi connectivity index (χ1) is 7.76. The maximum absolute atomic E-state index is 9.40. The fourth-order valence-corrected chi connectivity index (χ4v) is 1.76. The lowest BCUT2D eigenvalue weighted by molar-refractivity contribution is 0.113. The van der Waals surface area contributed by atoms with Crippen LogP contribution in [0.5, 0.6) is 0 Å². The lowest BCUT2D eigenvalue weighted by Gasteiger charge is -2.29. The number of aliphatic hydroxyl groups excluding tert-OH is 1. The highest BCUT2D eigenvalue weighted by atomic mass is 16.3. The third-order valence-corrected chi connectivity index (χ3v) is 3.44. The van der Waals surface area contributed by atoms with Crippen LogP contribution in [-0.2, 0) is 6.54 Å². The van der Waals surface area contributed by atoms with E-state index in [2.05, 4.69) is 24.1 Å². The van der Waals surface area contributed by atoms with E-state index in [-0.39, 0.29) is 12.0 Å². The van der Waals surface area contributed by atoms with Gasteiger partial charge < -0.3 is 15.0 Å². The van der Waals surface area contributed by atoms with E-state index in [9.17, 15) is 5.11 Å². The van der Waals surface area contributed by atoms with Crippen LogP contribution in [0.3, 0.4) is 0 Å². The Labute approximate surface area is 97.7 Å². The van der Waals surface area contributed by atoms with Gasteiger partial charge in [-0.3, -0.25) is 0 Å². The van der Waals surface area contributed by atoms with Crippen LogP contribution in [0.2, 0.25) is 0 Å². The van der Waals surface area contributed by atoms with E-state index < -0.39 is 0 Å². The second-order valence-electron chi connectivity index (χ2n) is 4.34. The molecule has 1 aromatic rings. The number of nitrogens with zero attached hydrogens (tertiary/aromatic N) is 2. The Hall–Kier alpha value is -0.870. The summed E-state index contributed by atoms with van der Waals surface area (Å²) in [6.07, 6.45) is 7.59. The van der Waals surface area contributed by atoms with E-state index in [1.807, 2.05) is 17.1 Å². The summed E-state index contributed by atoms with van der Waals surface area (Å²) in [6, 6.07) is 0. The molecule has 0 aromatic carbocycles. The van der Waals surface area contributed by atoms with Crippen molar-refractivity contribution in [3.05, 3.63) is 18.7 Å². The molecule has 16 heavy (non-hydrogen) atoms. The highest BCUT2D eigenvalue weighted by Crippen LogP contribution is 2.24. The lowest BCUT2D eigenvalue weighted by atomic mass is 9.83. The number of hydrogen-bond donors (Lipinski definition) is 2. The molecule has 0 spiro atoms. The highest BCUT2D eigenvalue weighted by Gasteiger charge is 2.24.